The lowest BCUT2D eigenvalue weighted by Crippen LogP contribution is -2.56. The number of carbonyl (C=O) groups excluding carboxylic acids is 2. The van der Waals surface area contributed by atoms with Crippen LogP contribution in [0.15, 0.2) is 12.1 Å². The first kappa shape index (κ1) is 33.3. The van der Waals surface area contributed by atoms with Gasteiger partial charge in [0.2, 0.25) is 11.7 Å². The van der Waals surface area contributed by atoms with Crippen LogP contribution >= 0.6 is 0 Å². The van der Waals surface area contributed by atoms with Crippen LogP contribution in [0.1, 0.15) is 53.5 Å². The van der Waals surface area contributed by atoms with Crippen LogP contribution < -0.4 is 0 Å². The summed E-state index contributed by atoms with van der Waals surface area (Å²) in [6.07, 6.45) is -6.36. The van der Waals surface area contributed by atoms with Crippen molar-refractivity contribution in [3.8, 4) is 0 Å². The zero-order valence-corrected chi connectivity index (χ0v) is 20.2. The summed E-state index contributed by atoms with van der Waals surface area (Å²) in [5.74, 6) is -7.92. The van der Waals surface area contributed by atoms with E-state index in [9.17, 15) is 35.9 Å². The fourth-order valence-electron chi connectivity index (χ4n) is 2.57. The minimum absolute atomic E-state index is 0.257. The van der Waals surface area contributed by atoms with Crippen molar-refractivity contribution >= 4 is 23.4 Å². The third-order valence-electron chi connectivity index (χ3n) is 3.98. The minimum Gasteiger partial charge on any atom is -0.333 e. The molecule has 0 saturated carbocycles. The second kappa shape index (κ2) is 15.8. The molecule has 34 heavy (non-hydrogen) atoms. The number of Topliss-reactive ketones (excluding diaryl/α,β-unsaturated/α-hetero) is 1. The first-order chi connectivity index (χ1) is 15.9. The van der Waals surface area contributed by atoms with Crippen LogP contribution in [0.4, 0.5) is 26.3 Å². The van der Waals surface area contributed by atoms with Gasteiger partial charge in [0, 0.05) is 25.6 Å². The number of halogens is 6. The van der Waals surface area contributed by atoms with Gasteiger partial charge in [-0.15, -0.1) is 0 Å². The Morgan fingerprint density at radius 1 is 0.912 bits per heavy atom. The number of hydrogen-bond acceptors (Lipinski definition) is 4. The summed E-state index contributed by atoms with van der Waals surface area (Å²) in [6.45, 7) is 10.8. The molecule has 1 aliphatic heterocycles. The van der Waals surface area contributed by atoms with E-state index >= 15 is 0 Å². The predicted molar refractivity (Wildman–Crippen MR) is 118 cm³/mol. The molecule has 194 valence electrons. The Bertz CT molecular complexity index is 843. The van der Waals surface area contributed by atoms with Gasteiger partial charge in [0.05, 0.1) is 13.0 Å². The molecular formula is C22H32F6N4O2. The molecular weight excluding hydrogens is 466 g/mol. The van der Waals surface area contributed by atoms with Crippen molar-refractivity contribution < 1.29 is 35.9 Å². The van der Waals surface area contributed by atoms with Crippen molar-refractivity contribution in [3.63, 3.8) is 0 Å². The molecule has 1 fully saturated rings. The molecule has 1 heterocycles. The number of amides is 1. The van der Waals surface area contributed by atoms with E-state index in [0.717, 1.165) is 4.90 Å². The summed E-state index contributed by atoms with van der Waals surface area (Å²) >= 11 is 0. The fraction of sp³-hybridized carbons (Fsp3) is 0.545. The molecule has 1 aromatic carbocycles. The van der Waals surface area contributed by atoms with Crippen molar-refractivity contribution in [2.75, 3.05) is 19.6 Å². The number of carbonyl (C=O) groups is 2. The third-order valence-corrected chi connectivity index (χ3v) is 3.98. The summed E-state index contributed by atoms with van der Waals surface area (Å²) in [4.78, 5) is 25.4. The molecule has 0 radical (unpaired) electrons. The van der Waals surface area contributed by atoms with E-state index in [1.165, 1.54) is 0 Å². The van der Waals surface area contributed by atoms with Crippen LogP contribution in [0.25, 0.3) is 0 Å². The lowest BCUT2D eigenvalue weighted by Gasteiger charge is -2.36. The van der Waals surface area contributed by atoms with Crippen molar-refractivity contribution in [1.82, 2.24) is 9.80 Å². The second-order valence-corrected chi connectivity index (χ2v) is 6.01. The molecule has 12 heteroatoms. The molecule has 0 atom stereocenters. The van der Waals surface area contributed by atoms with E-state index in [1.807, 2.05) is 41.5 Å². The number of amidine groups is 2. The van der Waals surface area contributed by atoms with Crippen LogP contribution in [-0.4, -0.2) is 59.0 Å². The molecule has 1 aliphatic rings. The average Bonchev–Trinajstić information content (AvgIpc) is 2.80. The molecule has 1 amide bonds. The molecule has 0 bridgehead atoms. The van der Waals surface area contributed by atoms with Gasteiger partial charge in [0.1, 0.15) is 17.4 Å². The number of nitrogens with one attached hydrogen (secondary N) is 2. The highest BCUT2D eigenvalue weighted by Crippen LogP contribution is 2.21. The van der Waals surface area contributed by atoms with E-state index in [4.69, 9.17) is 10.8 Å². The number of nitrogens with zero attached hydrogens (tertiary/aromatic N) is 2. The van der Waals surface area contributed by atoms with Crippen LogP contribution in [0.5, 0.6) is 0 Å². The molecule has 0 spiro atoms. The van der Waals surface area contributed by atoms with Crippen molar-refractivity contribution in [1.29, 1.82) is 10.8 Å². The lowest BCUT2D eigenvalue weighted by atomic mass is 10.1. The number of benzene rings is 1. The van der Waals surface area contributed by atoms with Crippen molar-refractivity contribution in [3.05, 3.63) is 35.1 Å². The SMILES string of the molecule is CC.CC.CC.N=C1CN(C(=O)CC(=O)Cc2cc(F)c(F)cc2F)CCN1C(=N)C(F)(F)F. The second-order valence-electron chi connectivity index (χ2n) is 6.01. The molecule has 0 unspecified atom stereocenters. The molecule has 2 N–H and O–H groups in total. The van der Waals surface area contributed by atoms with E-state index < -0.39 is 78.5 Å². The molecule has 0 aromatic heterocycles. The molecule has 0 aliphatic carbocycles. The highest BCUT2D eigenvalue weighted by Gasteiger charge is 2.41. The Balaban J connectivity index is 0. The summed E-state index contributed by atoms with van der Waals surface area (Å²) in [7, 11) is 0. The van der Waals surface area contributed by atoms with E-state index in [2.05, 4.69) is 0 Å². The Kier molecular flexibility index (Phi) is 15.5. The van der Waals surface area contributed by atoms with Gasteiger partial charge in [-0.25, -0.2) is 13.2 Å². The number of hydrogen-bond donors (Lipinski definition) is 2. The van der Waals surface area contributed by atoms with Gasteiger partial charge >= 0.3 is 6.18 Å². The summed E-state index contributed by atoms with van der Waals surface area (Å²) < 4.78 is 77.2. The molecule has 1 aromatic rings. The maximum absolute atomic E-state index is 13.5. The van der Waals surface area contributed by atoms with Gasteiger partial charge < -0.3 is 9.80 Å². The van der Waals surface area contributed by atoms with Crippen molar-refractivity contribution in [2.24, 2.45) is 0 Å². The summed E-state index contributed by atoms with van der Waals surface area (Å²) in [6, 6.07) is 0.778. The number of alkyl halides is 3. The fourth-order valence-corrected chi connectivity index (χ4v) is 2.57. The number of rotatable bonds is 4. The summed E-state index contributed by atoms with van der Waals surface area (Å²) in [5, 5.41) is 14.6. The van der Waals surface area contributed by atoms with E-state index in [0.29, 0.717) is 11.0 Å². The Morgan fingerprint density at radius 3 is 1.88 bits per heavy atom. The van der Waals surface area contributed by atoms with E-state index in [-0.39, 0.29) is 12.6 Å². The first-order valence-electron chi connectivity index (χ1n) is 10.8. The van der Waals surface area contributed by atoms with Gasteiger partial charge in [-0.2, -0.15) is 13.2 Å². The quantitative estimate of drug-likeness (QED) is 0.193. The third kappa shape index (κ3) is 9.92. The minimum atomic E-state index is -4.94. The smallest absolute Gasteiger partial charge is 0.333 e. The maximum Gasteiger partial charge on any atom is 0.449 e. The monoisotopic (exact) mass is 498 g/mol. The molecule has 6 nitrogen and oxygen atoms in total. The van der Waals surface area contributed by atoms with Crippen molar-refractivity contribution in [2.45, 2.75) is 60.6 Å². The number of piperazine rings is 1. The number of ketones is 1. The summed E-state index contributed by atoms with van der Waals surface area (Å²) in [5.41, 5.74) is -0.437. The highest BCUT2D eigenvalue weighted by atomic mass is 19.4. The van der Waals surface area contributed by atoms with Gasteiger partial charge in [-0.05, 0) is 11.6 Å². The average molecular weight is 499 g/mol. The van der Waals surface area contributed by atoms with Crippen LogP contribution in [-0.2, 0) is 16.0 Å². The van der Waals surface area contributed by atoms with Gasteiger partial charge in [0.25, 0.3) is 0 Å². The van der Waals surface area contributed by atoms with Crippen LogP contribution in [0.2, 0.25) is 0 Å². The predicted octanol–water partition coefficient (Wildman–Crippen LogP) is 5.35. The van der Waals surface area contributed by atoms with Crippen LogP contribution in [0.3, 0.4) is 0 Å². The largest absolute Gasteiger partial charge is 0.449 e. The Morgan fingerprint density at radius 2 is 1.41 bits per heavy atom. The lowest BCUT2D eigenvalue weighted by molar-refractivity contribution is -0.135. The van der Waals surface area contributed by atoms with E-state index in [1.54, 1.807) is 0 Å². The molecule has 2 rings (SSSR count). The maximum atomic E-state index is 13.5. The zero-order valence-electron chi connectivity index (χ0n) is 20.2. The van der Waals surface area contributed by atoms with Gasteiger partial charge in [0.15, 0.2) is 11.6 Å². The van der Waals surface area contributed by atoms with Gasteiger partial charge in [-0.1, -0.05) is 41.5 Å². The highest BCUT2D eigenvalue weighted by molar-refractivity contribution is 6.04. The normalized spacial score (nSPS) is 12.9. The Labute approximate surface area is 195 Å². The topological polar surface area (TPSA) is 88.3 Å². The zero-order chi connectivity index (χ0) is 27.2. The standard InChI is InChI=1S/C16H14F6N4O2.3C2H6/c17-10-6-12(19)11(18)4-8(10)3-9(27)5-14(28)25-1-2-26(13(23)7-25)15(24)16(20,21)22;3*1-2/h4,6,23-24H,1-3,5,7H2;3*1-2H3. The van der Waals surface area contributed by atoms with Gasteiger partial charge in [-0.3, -0.25) is 20.4 Å². The Hall–Kier alpha value is -2.92. The first-order valence-corrected chi connectivity index (χ1v) is 10.8. The molecule has 1 saturated heterocycles. The van der Waals surface area contributed by atoms with Crippen LogP contribution in [0, 0.1) is 28.3 Å².